The average molecular weight is 241 g/mol. The summed E-state index contributed by atoms with van der Waals surface area (Å²) in [6.07, 6.45) is 2.00. The fourth-order valence-electron chi connectivity index (χ4n) is 1.69. The first-order chi connectivity index (χ1) is 7.79. The van der Waals surface area contributed by atoms with Crippen LogP contribution in [0, 0.1) is 5.92 Å². The van der Waals surface area contributed by atoms with E-state index in [1.165, 1.54) is 11.3 Å². The van der Waals surface area contributed by atoms with E-state index in [2.05, 4.69) is 4.98 Å². The van der Waals surface area contributed by atoms with E-state index in [1.54, 1.807) is 12.3 Å². The smallest absolute Gasteiger partial charge is 0.357 e. The lowest BCUT2D eigenvalue weighted by Gasteiger charge is -2.02. The Balaban J connectivity index is 1.93. The summed E-state index contributed by atoms with van der Waals surface area (Å²) in [5.74, 6) is 0.230. The van der Waals surface area contributed by atoms with Crippen LogP contribution in [0.1, 0.15) is 28.8 Å². The van der Waals surface area contributed by atoms with Crippen molar-refractivity contribution in [1.29, 1.82) is 0 Å². The molecule has 5 heteroatoms. The summed E-state index contributed by atoms with van der Waals surface area (Å²) in [7, 11) is 0. The molecule has 1 saturated heterocycles. The number of rotatable bonds is 4. The fraction of sp³-hybridized carbons (Fsp3) is 0.636. The second-order valence-corrected chi connectivity index (χ2v) is 4.72. The molecule has 88 valence electrons. The van der Waals surface area contributed by atoms with Crippen LogP contribution in [0.15, 0.2) is 5.38 Å². The van der Waals surface area contributed by atoms with E-state index >= 15 is 0 Å². The van der Waals surface area contributed by atoms with Crippen molar-refractivity contribution in [1.82, 2.24) is 4.98 Å². The zero-order valence-corrected chi connectivity index (χ0v) is 10.1. The summed E-state index contributed by atoms with van der Waals surface area (Å²) >= 11 is 1.52. The van der Waals surface area contributed by atoms with Crippen molar-refractivity contribution in [3.63, 3.8) is 0 Å². The zero-order chi connectivity index (χ0) is 11.4. The van der Waals surface area contributed by atoms with E-state index in [0.717, 1.165) is 31.1 Å². The Morgan fingerprint density at radius 1 is 1.75 bits per heavy atom. The fourth-order valence-corrected chi connectivity index (χ4v) is 2.57. The van der Waals surface area contributed by atoms with E-state index < -0.39 is 0 Å². The Morgan fingerprint density at radius 3 is 3.31 bits per heavy atom. The molecular formula is C11H15NO3S. The molecule has 0 N–H and O–H groups in total. The molecule has 0 amide bonds. The monoisotopic (exact) mass is 241 g/mol. The SMILES string of the molecule is CCOC(=O)c1csc(CC2CCOC2)n1. The maximum Gasteiger partial charge on any atom is 0.357 e. The Morgan fingerprint density at radius 2 is 2.62 bits per heavy atom. The van der Waals surface area contributed by atoms with Gasteiger partial charge in [-0.2, -0.15) is 0 Å². The Labute approximate surface area is 98.6 Å². The van der Waals surface area contributed by atoms with Crippen LogP contribution in [0.3, 0.4) is 0 Å². The van der Waals surface area contributed by atoms with Crippen LogP contribution in [0.4, 0.5) is 0 Å². The van der Waals surface area contributed by atoms with E-state index in [1.807, 2.05) is 0 Å². The third-order valence-corrected chi connectivity index (χ3v) is 3.39. The zero-order valence-electron chi connectivity index (χ0n) is 9.27. The standard InChI is InChI=1S/C11H15NO3S/c1-2-15-11(13)9-7-16-10(12-9)5-8-3-4-14-6-8/h7-8H,2-6H2,1H3. The molecule has 0 bridgehead atoms. The summed E-state index contributed by atoms with van der Waals surface area (Å²) in [6, 6.07) is 0. The second kappa shape index (κ2) is 5.41. The van der Waals surface area contributed by atoms with Gasteiger partial charge in [0.25, 0.3) is 0 Å². The van der Waals surface area contributed by atoms with Gasteiger partial charge in [0.15, 0.2) is 5.69 Å². The molecule has 0 aromatic carbocycles. The number of carbonyl (C=O) groups is 1. The molecule has 2 rings (SSSR count). The van der Waals surface area contributed by atoms with Crippen LogP contribution in [0.25, 0.3) is 0 Å². The summed E-state index contributed by atoms with van der Waals surface area (Å²) in [6.45, 7) is 3.85. The van der Waals surface area contributed by atoms with Crippen LogP contribution in [-0.2, 0) is 15.9 Å². The highest BCUT2D eigenvalue weighted by Crippen LogP contribution is 2.20. The summed E-state index contributed by atoms with van der Waals surface area (Å²) in [5, 5.41) is 2.77. The highest BCUT2D eigenvalue weighted by molar-refractivity contribution is 7.09. The largest absolute Gasteiger partial charge is 0.461 e. The predicted molar refractivity (Wildman–Crippen MR) is 60.7 cm³/mol. The third-order valence-electron chi connectivity index (χ3n) is 2.52. The molecule has 0 saturated carbocycles. The highest BCUT2D eigenvalue weighted by Gasteiger charge is 2.19. The normalized spacial score (nSPS) is 19.9. The summed E-state index contributed by atoms with van der Waals surface area (Å²) in [5.41, 5.74) is 0.431. The van der Waals surface area contributed by atoms with Gasteiger partial charge in [-0.1, -0.05) is 0 Å². The second-order valence-electron chi connectivity index (χ2n) is 3.78. The minimum absolute atomic E-state index is 0.326. The molecule has 1 aromatic rings. The van der Waals surface area contributed by atoms with Gasteiger partial charge >= 0.3 is 5.97 Å². The van der Waals surface area contributed by atoms with E-state index in [-0.39, 0.29) is 5.97 Å². The molecule has 1 atom stereocenters. The van der Waals surface area contributed by atoms with Gasteiger partial charge in [0, 0.05) is 25.0 Å². The molecule has 1 aliphatic rings. The molecule has 0 aliphatic carbocycles. The number of nitrogens with zero attached hydrogens (tertiary/aromatic N) is 1. The number of esters is 1. The van der Waals surface area contributed by atoms with Gasteiger partial charge in [-0.3, -0.25) is 0 Å². The molecule has 1 fully saturated rings. The lowest BCUT2D eigenvalue weighted by atomic mass is 10.1. The first-order valence-corrected chi connectivity index (χ1v) is 6.37. The van der Waals surface area contributed by atoms with Gasteiger partial charge < -0.3 is 9.47 Å². The van der Waals surface area contributed by atoms with Crippen LogP contribution >= 0.6 is 11.3 Å². The molecule has 1 aliphatic heterocycles. The maximum atomic E-state index is 11.4. The minimum Gasteiger partial charge on any atom is -0.461 e. The first kappa shape index (κ1) is 11.5. The van der Waals surface area contributed by atoms with E-state index in [9.17, 15) is 4.79 Å². The average Bonchev–Trinajstić information content (AvgIpc) is 2.90. The van der Waals surface area contributed by atoms with Crippen molar-refractivity contribution in [3.05, 3.63) is 16.1 Å². The third kappa shape index (κ3) is 2.80. The quantitative estimate of drug-likeness (QED) is 0.755. The lowest BCUT2D eigenvalue weighted by molar-refractivity contribution is 0.0520. The first-order valence-electron chi connectivity index (χ1n) is 5.49. The van der Waals surface area contributed by atoms with Crippen molar-refractivity contribution in [3.8, 4) is 0 Å². The van der Waals surface area contributed by atoms with Crippen LogP contribution in [-0.4, -0.2) is 30.8 Å². The molecule has 16 heavy (non-hydrogen) atoms. The molecule has 1 unspecified atom stereocenters. The minimum atomic E-state index is -0.326. The maximum absolute atomic E-state index is 11.4. The van der Waals surface area contributed by atoms with E-state index in [0.29, 0.717) is 18.2 Å². The Hall–Kier alpha value is -0.940. The number of hydrogen-bond acceptors (Lipinski definition) is 5. The van der Waals surface area contributed by atoms with Crippen molar-refractivity contribution < 1.29 is 14.3 Å². The van der Waals surface area contributed by atoms with Gasteiger partial charge in [0.05, 0.1) is 11.6 Å². The van der Waals surface area contributed by atoms with Crippen LogP contribution in [0.2, 0.25) is 0 Å². The summed E-state index contributed by atoms with van der Waals surface area (Å²) in [4.78, 5) is 15.7. The lowest BCUT2D eigenvalue weighted by Crippen LogP contribution is -2.07. The van der Waals surface area contributed by atoms with Crippen molar-refractivity contribution >= 4 is 17.3 Å². The van der Waals surface area contributed by atoms with Gasteiger partial charge in [0.1, 0.15) is 0 Å². The predicted octanol–water partition coefficient (Wildman–Crippen LogP) is 1.90. The molecule has 0 spiro atoms. The van der Waals surface area contributed by atoms with Gasteiger partial charge in [-0.25, -0.2) is 9.78 Å². The number of ether oxygens (including phenoxy) is 2. The number of aromatic nitrogens is 1. The topological polar surface area (TPSA) is 48.4 Å². The Kier molecular flexibility index (Phi) is 3.90. The van der Waals surface area contributed by atoms with Crippen molar-refractivity contribution in [2.24, 2.45) is 5.92 Å². The molecular weight excluding hydrogens is 226 g/mol. The van der Waals surface area contributed by atoms with Crippen molar-refractivity contribution in [2.45, 2.75) is 19.8 Å². The number of thiazole rings is 1. The number of carbonyl (C=O) groups excluding carboxylic acids is 1. The van der Waals surface area contributed by atoms with Gasteiger partial charge in [0.2, 0.25) is 0 Å². The van der Waals surface area contributed by atoms with E-state index in [4.69, 9.17) is 9.47 Å². The summed E-state index contributed by atoms with van der Waals surface area (Å²) < 4.78 is 10.2. The molecule has 2 heterocycles. The van der Waals surface area contributed by atoms with Crippen LogP contribution < -0.4 is 0 Å². The number of hydrogen-bond donors (Lipinski definition) is 0. The Bertz CT molecular complexity index is 358. The van der Waals surface area contributed by atoms with Gasteiger partial charge in [-0.15, -0.1) is 11.3 Å². The molecule has 0 radical (unpaired) electrons. The highest BCUT2D eigenvalue weighted by atomic mass is 32.1. The van der Waals surface area contributed by atoms with Crippen molar-refractivity contribution in [2.75, 3.05) is 19.8 Å². The molecule has 1 aromatic heterocycles. The van der Waals surface area contributed by atoms with Crippen LogP contribution in [0.5, 0.6) is 0 Å². The van der Waals surface area contributed by atoms with Gasteiger partial charge in [-0.05, 0) is 19.3 Å². The molecule has 4 nitrogen and oxygen atoms in total.